The maximum absolute atomic E-state index is 11.7. The smallest absolute Gasteiger partial charge is 0.315 e. The molecule has 3 N–H and O–H groups in total. The van der Waals surface area contributed by atoms with Gasteiger partial charge in [-0.05, 0) is 24.3 Å². The van der Waals surface area contributed by atoms with Crippen LogP contribution in [0.2, 0.25) is 0 Å². The molecule has 8 heteroatoms. The van der Waals surface area contributed by atoms with Gasteiger partial charge in [-0.2, -0.15) is 0 Å². The first-order chi connectivity index (χ1) is 11.4. The zero-order valence-corrected chi connectivity index (χ0v) is 14.3. The van der Waals surface area contributed by atoms with Gasteiger partial charge in [-0.3, -0.25) is 4.79 Å². The number of benzene rings is 1. The van der Waals surface area contributed by atoms with Crippen molar-refractivity contribution in [2.24, 2.45) is 5.92 Å². The lowest BCUT2D eigenvalue weighted by Crippen LogP contribution is -2.43. The number of rotatable bonds is 7. The Morgan fingerprint density at radius 2 is 1.83 bits per heavy atom. The highest BCUT2D eigenvalue weighted by atomic mass is 32.2. The molecule has 1 atom stereocenters. The average molecular weight is 353 g/mol. The Labute approximate surface area is 142 Å². The second-order valence-electron chi connectivity index (χ2n) is 5.92. The number of carbonyl (C=O) groups excluding carboxylic acids is 2. The summed E-state index contributed by atoms with van der Waals surface area (Å²) in [6.45, 7) is 0.705. The predicted molar refractivity (Wildman–Crippen MR) is 91.3 cm³/mol. The van der Waals surface area contributed by atoms with Crippen LogP contribution in [0.3, 0.4) is 0 Å². The van der Waals surface area contributed by atoms with Crippen LogP contribution in [0, 0.1) is 5.92 Å². The molecule has 24 heavy (non-hydrogen) atoms. The van der Waals surface area contributed by atoms with Crippen molar-refractivity contribution in [1.82, 2.24) is 16.0 Å². The Hall–Kier alpha value is -2.09. The highest BCUT2D eigenvalue weighted by Crippen LogP contribution is 2.17. The molecule has 2 rings (SSSR count). The SMILES string of the molecule is O=C(CNC(=O)NC[C@@H]1CCS(=O)(=O)C1)NCCc1ccccc1. The van der Waals surface area contributed by atoms with Crippen molar-refractivity contribution in [1.29, 1.82) is 0 Å². The van der Waals surface area contributed by atoms with Gasteiger partial charge in [0.2, 0.25) is 5.91 Å². The molecule has 1 aromatic rings. The van der Waals surface area contributed by atoms with E-state index < -0.39 is 15.9 Å². The van der Waals surface area contributed by atoms with Gasteiger partial charge in [-0.25, -0.2) is 13.2 Å². The summed E-state index contributed by atoms with van der Waals surface area (Å²) in [7, 11) is -2.94. The zero-order valence-electron chi connectivity index (χ0n) is 13.5. The van der Waals surface area contributed by atoms with Crippen molar-refractivity contribution >= 4 is 21.8 Å². The number of hydrogen-bond acceptors (Lipinski definition) is 4. The summed E-state index contributed by atoms with van der Waals surface area (Å²) in [4.78, 5) is 23.3. The number of hydrogen-bond donors (Lipinski definition) is 3. The van der Waals surface area contributed by atoms with Crippen LogP contribution in [0.25, 0.3) is 0 Å². The van der Waals surface area contributed by atoms with Gasteiger partial charge < -0.3 is 16.0 Å². The summed E-state index contributed by atoms with van der Waals surface area (Å²) in [5.41, 5.74) is 1.13. The van der Waals surface area contributed by atoms with E-state index >= 15 is 0 Å². The first-order valence-electron chi connectivity index (χ1n) is 7.97. The van der Waals surface area contributed by atoms with Gasteiger partial charge in [0.15, 0.2) is 9.84 Å². The van der Waals surface area contributed by atoms with Gasteiger partial charge >= 0.3 is 6.03 Å². The van der Waals surface area contributed by atoms with Gasteiger partial charge in [0, 0.05) is 13.1 Å². The van der Waals surface area contributed by atoms with E-state index in [1.54, 1.807) is 0 Å². The molecule has 0 unspecified atom stereocenters. The average Bonchev–Trinajstić information content (AvgIpc) is 2.91. The standard InChI is InChI=1S/C16H23N3O4S/c20-15(17-8-6-13-4-2-1-3-5-13)11-19-16(21)18-10-14-7-9-24(22,23)12-14/h1-5,14H,6-12H2,(H,17,20)(H2,18,19,21)/t14-/m0/s1. The molecule has 1 aliphatic heterocycles. The minimum atomic E-state index is -2.94. The molecule has 0 bridgehead atoms. The zero-order chi connectivity index (χ0) is 17.4. The lowest BCUT2D eigenvalue weighted by atomic mass is 10.1. The lowest BCUT2D eigenvalue weighted by Gasteiger charge is -2.11. The molecular weight excluding hydrogens is 330 g/mol. The van der Waals surface area contributed by atoms with Crippen LogP contribution in [-0.2, 0) is 21.1 Å². The molecule has 1 heterocycles. The van der Waals surface area contributed by atoms with E-state index in [1.165, 1.54) is 0 Å². The Morgan fingerprint density at radius 1 is 1.08 bits per heavy atom. The third-order valence-electron chi connectivity index (χ3n) is 3.87. The number of nitrogens with one attached hydrogen (secondary N) is 3. The molecule has 3 amide bonds. The van der Waals surface area contributed by atoms with E-state index in [0.29, 0.717) is 19.5 Å². The summed E-state index contributed by atoms with van der Waals surface area (Å²) in [6, 6.07) is 9.34. The summed E-state index contributed by atoms with van der Waals surface area (Å²) in [5, 5.41) is 7.80. The van der Waals surface area contributed by atoms with Crippen LogP contribution >= 0.6 is 0 Å². The first kappa shape index (κ1) is 18.3. The van der Waals surface area contributed by atoms with Crippen molar-refractivity contribution in [2.45, 2.75) is 12.8 Å². The van der Waals surface area contributed by atoms with Crippen LogP contribution in [0.1, 0.15) is 12.0 Å². The minimum absolute atomic E-state index is 0.0413. The molecular formula is C16H23N3O4S. The maximum atomic E-state index is 11.7. The summed E-state index contributed by atoms with van der Waals surface area (Å²) in [6.07, 6.45) is 1.30. The first-order valence-corrected chi connectivity index (χ1v) is 9.79. The van der Waals surface area contributed by atoms with Gasteiger partial charge in [-0.1, -0.05) is 30.3 Å². The van der Waals surface area contributed by atoms with Gasteiger partial charge in [0.25, 0.3) is 0 Å². The molecule has 1 saturated heterocycles. The minimum Gasteiger partial charge on any atom is -0.354 e. The number of amides is 3. The molecule has 0 spiro atoms. The molecule has 0 radical (unpaired) electrons. The van der Waals surface area contributed by atoms with Crippen molar-refractivity contribution in [3.05, 3.63) is 35.9 Å². The lowest BCUT2D eigenvalue weighted by molar-refractivity contribution is -0.120. The molecule has 1 fully saturated rings. The van der Waals surface area contributed by atoms with Crippen molar-refractivity contribution in [3.8, 4) is 0 Å². The third kappa shape index (κ3) is 6.57. The highest BCUT2D eigenvalue weighted by molar-refractivity contribution is 7.91. The summed E-state index contributed by atoms with van der Waals surface area (Å²) < 4.78 is 22.6. The second kappa shape index (κ2) is 8.68. The molecule has 1 aliphatic rings. The highest BCUT2D eigenvalue weighted by Gasteiger charge is 2.27. The van der Waals surface area contributed by atoms with E-state index in [4.69, 9.17) is 0 Å². The Morgan fingerprint density at radius 3 is 2.50 bits per heavy atom. The summed E-state index contributed by atoms with van der Waals surface area (Å²) in [5.74, 6) is 0.00266. The number of sulfone groups is 1. The monoisotopic (exact) mass is 353 g/mol. The van der Waals surface area contributed by atoms with Crippen molar-refractivity contribution in [2.75, 3.05) is 31.1 Å². The Bertz CT molecular complexity index is 661. The molecule has 7 nitrogen and oxygen atoms in total. The predicted octanol–water partition coefficient (Wildman–Crippen LogP) is 0.0792. The molecule has 132 valence electrons. The molecule has 0 aromatic heterocycles. The fourth-order valence-electron chi connectivity index (χ4n) is 2.55. The quantitative estimate of drug-likeness (QED) is 0.646. The van der Waals surface area contributed by atoms with Crippen molar-refractivity contribution in [3.63, 3.8) is 0 Å². The van der Waals surface area contributed by atoms with Crippen LogP contribution < -0.4 is 16.0 Å². The van der Waals surface area contributed by atoms with Crippen LogP contribution in [0.15, 0.2) is 30.3 Å². The van der Waals surface area contributed by atoms with Gasteiger partial charge in [0.1, 0.15) is 0 Å². The van der Waals surface area contributed by atoms with E-state index in [0.717, 1.165) is 12.0 Å². The maximum Gasteiger partial charge on any atom is 0.315 e. The largest absolute Gasteiger partial charge is 0.354 e. The van der Waals surface area contributed by atoms with Crippen LogP contribution in [-0.4, -0.2) is 51.5 Å². The summed E-state index contributed by atoms with van der Waals surface area (Å²) >= 11 is 0. The van der Waals surface area contributed by atoms with Gasteiger partial charge in [0.05, 0.1) is 18.1 Å². The normalized spacial score (nSPS) is 18.8. The van der Waals surface area contributed by atoms with E-state index in [-0.39, 0.29) is 29.9 Å². The topological polar surface area (TPSA) is 104 Å². The van der Waals surface area contributed by atoms with Gasteiger partial charge in [-0.15, -0.1) is 0 Å². The number of urea groups is 1. The van der Waals surface area contributed by atoms with E-state index in [2.05, 4.69) is 16.0 Å². The molecule has 1 aromatic carbocycles. The fourth-order valence-corrected chi connectivity index (χ4v) is 4.41. The Balaban J connectivity index is 1.55. The second-order valence-corrected chi connectivity index (χ2v) is 8.15. The Kier molecular flexibility index (Phi) is 6.60. The van der Waals surface area contributed by atoms with Crippen molar-refractivity contribution < 1.29 is 18.0 Å². The number of carbonyl (C=O) groups is 2. The van der Waals surface area contributed by atoms with Crippen LogP contribution in [0.4, 0.5) is 4.79 Å². The molecule has 0 aliphatic carbocycles. The van der Waals surface area contributed by atoms with E-state index in [1.807, 2.05) is 30.3 Å². The molecule has 0 saturated carbocycles. The third-order valence-corrected chi connectivity index (χ3v) is 5.70. The van der Waals surface area contributed by atoms with E-state index in [9.17, 15) is 18.0 Å². The van der Waals surface area contributed by atoms with Crippen LogP contribution in [0.5, 0.6) is 0 Å². The fraction of sp³-hybridized carbons (Fsp3) is 0.500.